The van der Waals surface area contributed by atoms with Crippen LogP contribution in [0.4, 0.5) is 5.69 Å². The molecule has 0 aliphatic heterocycles. The quantitative estimate of drug-likeness (QED) is 0.806. The van der Waals surface area contributed by atoms with Gasteiger partial charge in [0, 0.05) is 11.9 Å². The van der Waals surface area contributed by atoms with Crippen molar-refractivity contribution in [2.45, 2.75) is 19.9 Å². The van der Waals surface area contributed by atoms with Crippen molar-refractivity contribution in [3.05, 3.63) is 53.6 Å². The zero-order valence-corrected chi connectivity index (χ0v) is 10.8. The normalized spacial score (nSPS) is 10.2. The van der Waals surface area contributed by atoms with Crippen LogP contribution in [0, 0.1) is 6.92 Å². The van der Waals surface area contributed by atoms with Crippen LogP contribution in [-0.4, -0.2) is 15.9 Å². The zero-order chi connectivity index (χ0) is 13.7. The van der Waals surface area contributed by atoms with Crippen LogP contribution in [-0.2, 0) is 17.8 Å². The summed E-state index contributed by atoms with van der Waals surface area (Å²) in [6, 6.07) is 9.10. The second-order valence-electron chi connectivity index (χ2n) is 4.29. The number of rotatable bonds is 4. The third-order valence-electron chi connectivity index (χ3n) is 2.62. The Balaban J connectivity index is 1.88. The summed E-state index contributed by atoms with van der Waals surface area (Å²) in [7, 11) is 0. The number of aryl methyl sites for hydroxylation is 1. The molecule has 1 amide bonds. The summed E-state index contributed by atoms with van der Waals surface area (Å²) in [5, 5.41) is 2.82. The van der Waals surface area contributed by atoms with Crippen LogP contribution in [0.15, 0.2) is 36.5 Å². The number of hydrogen-bond acceptors (Lipinski definition) is 4. The van der Waals surface area contributed by atoms with Gasteiger partial charge in [-0.15, -0.1) is 0 Å². The van der Waals surface area contributed by atoms with Crippen LogP contribution in [0.3, 0.4) is 0 Å². The van der Waals surface area contributed by atoms with Gasteiger partial charge in [0.15, 0.2) is 0 Å². The van der Waals surface area contributed by atoms with Crippen molar-refractivity contribution >= 4 is 11.6 Å². The van der Waals surface area contributed by atoms with Crippen LogP contribution in [0.25, 0.3) is 0 Å². The van der Waals surface area contributed by atoms with Gasteiger partial charge in [0.05, 0.1) is 18.7 Å². The molecule has 0 atom stereocenters. The van der Waals surface area contributed by atoms with Crippen LogP contribution in [0.5, 0.6) is 0 Å². The summed E-state index contributed by atoms with van der Waals surface area (Å²) in [5.41, 5.74) is 8.03. The monoisotopic (exact) mass is 256 g/mol. The lowest BCUT2D eigenvalue weighted by molar-refractivity contribution is -0.120. The van der Waals surface area contributed by atoms with E-state index >= 15 is 0 Å². The molecule has 1 heterocycles. The fourth-order valence-corrected chi connectivity index (χ4v) is 1.74. The minimum absolute atomic E-state index is 0.0538. The van der Waals surface area contributed by atoms with Crippen LogP contribution in [0.2, 0.25) is 0 Å². The Morgan fingerprint density at radius 1 is 1.37 bits per heavy atom. The number of amides is 1. The lowest BCUT2D eigenvalue weighted by Crippen LogP contribution is -2.25. The van der Waals surface area contributed by atoms with E-state index in [4.69, 9.17) is 5.73 Å². The summed E-state index contributed by atoms with van der Waals surface area (Å²) in [4.78, 5) is 20.0. The SMILES string of the molecule is Cc1nccc(CNC(=O)Cc2cccc(N)c2)n1. The molecule has 5 heteroatoms. The summed E-state index contributed by atoms with van der Waals surface area (Å²) in [6.07, 6.45) is 2.00. The molecule has 2 rings (SSSR count). The minimum atomic E-state index is -0.0538. The maximum Gasteiger partial charge on any atom is 0.224 e. The number of carbonyl (C=O) groups excluding carboxylic acids is 1. The van der Waals surface area contributed by atoms with Crippen LogP contribution >= 0.6 is 0 Å². The first-order valence-corrected chi connectivity index (χ1v) is 6.03. The van der Waals surface area contributed by atoms with Crippen molar-refractivity contribution in [2.24, 2.45) is 0 Å². The van der Waals surface area contributed by atoms with E-state index in [1.54, 1.807) is 24.4 Å². The first-order valence-electron chi connectivity index (χ1n) is 6.03. The minimum Gasteiger partial charge on any atom is -0.399 e. The molecular weight excluding hydrogens is 240 g/mol. The molecule has 0 fully saturated rings. The number of aromatic nitrogens is 2. The summed E-state index contributed by atoms with van der Waals surface area (Å²) < 4.78 is 0. The third kappa shape index (κ3) is 4.06. The highest BCUT2D eigenvalue weighted by Gasteiger charge is 2.04. The van der Waals surface area contributed by atoms with Gasteiger partial charge in [0.2, 0.25) is 5.91 Å². The highest BCUT2D eigenvalue weighted by molar-refractivity contribution is 5.78. The molecule has 5 nitrogen and oxygen atoms in total. The maximum atomic E-state index is 11.8. The number of nitrogen functional groups attached to an aromatic ring is 1. The molecule has 2 aromatic rings. The predicted octanol–water partition coefficient (Wildman–Crippen LogP) is 1.23. The molecule has 19 heavy (non-hydrogen) atoms. The van der Waals surface area contributed by atoms with E-state index < -0.39 is 0 Å². The van der Waals surface area contributed by atoms with Gasteiger partial charge in [-0.25, -0.2) is 9.97 Å². The molecule has 0 unspecified atom stereocenters. The van der Waals surface area contributed by atoms with Crippen LogP contribution in [0.1, 0.15) is 17.1 Å². The van der Waals surface area contributed by atoms with Crippen molar-refractivity contribution in [2.75, 3.05) is 5.73 Å². The molecule has 0 bridgehead atoms. The van der Waals surface area contributed by atoms with E-state index in [0.717, 1.165) is 11.3 Å². The highest BCUT2D eigenvalue weighted by Crippen LogP contribution is 2.07. The molecule has 0 saturated heterocycles. The molecule has 0 spiro atoms. The number of nitrogens with two attached hydrogens (primary N) is 1. The second kappa shape index (κ2) is 5.95. The van der Waals surface area contributed by atoms with E-state index in [-0.39, 0.29) is 5.91 Å². The number of hydrogen-bond donors (Lipinski definition) is 2. The van der Waals surface area contributed by atoms with E-state index in [0.29, 0.717) is 24.5 Å². The molecule has 1 aromatic carbocycles. The predicted molar refractivity (Wildman–Crippen MR) is 73.2 cm³/mol. The van der Waals surface area contributed by atoms with Crippen molar-refractivity contribution in [1.29, 1.82) is 0 Å². The molecule has 0 radical (unpaired) electrons. The van der Waals surface area contributed by atoms with Gasteiger partial charge in [-0.2, -0.15) is 0 Å². The molecule has 0 aliphatic rings. The lowest BCUT2D eigenvalue weighted by Gasteiger charge is -2.06. The fraction of sp³-hybridized carbons (Fsp3) is 0.214. The first kappa shape index (κ1) is 13.0. The first-order chi connectivity index (χ1) is 9.13. The van der Waals surface area contributed by atoms with Crippen molar-refractivity contribution in [3.8, 4) is 0 Å². The smallest absolute Gasteiger partial charge is 0.224 e. The Kier molecular flexibility index (Phi) is 4.07. The Morgan fingerprint density at radius 3 is 2.95 bits per heavy atom. The number of benzene rings is 1. The van der Waals surface area contributed by atoms with E-state index in [1.165, 1.54) is 0 Å². The topological polar surface area (TPSA) is 80.9 Å². The van der Waals surface area contributed by atoms with Crippen LogP contribution < -0.4 is 11.1 Å². The Bertz CT molecular complexity index is 583. The Labute approximate surface area is 111 Å². The average Bonchev–Trinajstić information content (AvgIpc) is 2.36. The number of nitrogens with one attached hydrogen (secondary N) is 1. The zero-order valence-electron chi connectivity index (χ0n) is 10.8. The van der Waals surface area contributed by atoms with Crippen molar-refractivity contribution in [1.82, 2.24) is 15.3 Å². The van der Waals surface area contributed by atoms with Gasteiger partial charge in [0.25, 0.3) is 0 Å². The third-order valence-corrected chi connectivity index (χ3v) is 2.62. The summed E-state index contributed by atoms with van der Waals surface area (Å²) >= 11 is 0. The van der Waals surface area contributed by atoms with E-state index in [1.807, 2.05) is 19.1 Å². The molecule has 0 aliphatic carbocycles. The average molecular weight is 256 g/mol. The standard InChI is InChI=1S/C14H16N4O/c1-10-16-6-5-13(18-10)9-17-14(19)8-11-3-2-4-12(15)7-11/h2-7H,8-9,15H2,1H3,(H,17,19). The van der Waals surface area contributed by atoms with Crippen molar-refractivity contribution in [3.63, 3.8) is 0 Å². The van der Waals surface area contributed by atoms with Crippen molar-refractivity contribution < 1.29 is 4.79 Å². The van der Waals surface area contributed by atoms with Gasteiger partial charge >= 0.3 is 0 Å². The Hall–Kier alpha value is -2.43. The Morgan fingerprint density at radius 2 is 2.21 bits per heavy atom. The maximum absolute atomic E-state index is 11.8. The number of carbonyl (C=O) groups is 1. The summed E-state index contributed by atoms with van der Waals surface area (Å²) in [5.74, 6) is 0.643. The second-order valence-corrected chi connectivity index (χ2v) is 4.29. The largest absolute Gasteiger partial charge is 0.399 e. The summed E-state index contributed by atoms with van der Waals surface area (Å²) in [6.45, 7) is 2.22. The number of nitrogens with zero attached hydrogens (tertiary/aromatic N) is 2. The van der Waals surface area contributed by atoms with Gasteiger partial charge in [-0.05, 0) is 30.7 Å². The molecule has 98 valence electrons. The fourth-order valence-electron chi connectivity index (χ4n) is 1.74. The molecular formula is C14H16N4O. The van der Waals surface area contributed by atoms with Gasteiger partial charge < -0.3 is 11.1 Å². The highest BCUT2D eigenvalue weighted by atomic mass is 16.1. The van der Waals surface area contributed by atoms with Gasteiger partial charge in [-0.1, -0.05) is 12.1 Å². The lowest BCUT2D eigenvalue weighted by atomic mass is 10.1. The number of anilines is 1. The molecule has 1 aromatic heterocycles. The van der Waals surface area contributed by atoms with Gasteiger partial charge in [0.1, 0.15) is 5.82 Å². The molecule has 3 N–H and O–H groups in total. The van der Waals surface area contributed by atoms with E-state index in [2.05, 4.69) is 15.3 Å². The van der Waals surface area contributed by atoms with E-state index in [9.17, 15) is 4.79 Å². The molecule has 0 saturated carbocycles. The van der Waals surface area contributed by atoms with Gasteiger partial charge in [-0.3, -0.25) is 4.79 Å².